The van der Waals surface area contributed by atoms with E-state index in [-0.39, 0.29) is 0 Å². The fourth-order valence-corrected chi connectivity index (χ4v) is 8.17. The molecule has 10 rings (SSSR count). The Labute approximate surface area is 340 Å². The van der Waals surface area contributed by atoms with E-state index in [0.29, 0.717) is 0 Å². The maximum absolute atomic E-state index is 2.36. The monoisotopic (exact) mass is 740 g/mol. The van der Waals surface area contributed by atoms with Gasteiger partial charge in [-0.1, -0.05) is 164 Å². The highest BCUT2D eigenvalue weighted by atomic mass is 15.1. The van der Waals surface area contributed by atoms with Crippen LogP contribution in [0.2, 0.25) is 0 Å². The number of hydrogen-bond donors (Lipinski definition) is 0. The first-order chi connectivity index (χ1) is 28.8. The molecule has 0 radical (unpaired) electrons. The first-order valence-electron chi connectivity index (χ1n) is 19.8. The molecule has 0 aromatic heterocycles. The van der Waals surface area contributed by atoms with E-state index in [0.717, 1.165) is 34.1 Å². The summed E-state index contributed by atoms with van der Waals surface area (Å²) >= 11 is 0. The fraction of sp³-hybridized carbons (Fsp3) is 0. The van der Waals surface area contributed by atoms with E-state index in [9.17, 15) is 0 Å². The summed E-state index contributed by atoms with van der Waals surface area (Å²) in [5, 5.41) is 4.97. The maximum atomic E-state index is 2.36. The van der Waals surface area contributed by atoms with Gasteiger partial charge in [0.25, 0.3) is 0 Å². The lowest BCUT2D eigenvalue weighted by molar-refractivity contribution is 1.28. The van der Waals surface area contributed by atoms with Crippen molar-refractivity contribution in [2.75, 3.05) is 9.80 Å². The fourth-order valence-electron chi connectivity index (χ4n) is 8.17. The predicted molar refractivity (Wildman–Crippen MR) is 247 cm³/mol. The highest BCUT2D eigenvalue weighted by molar-refractivity contribution is 6.15. The normalized spacial score (nSPS) is 11.1. The zero-order valence-electron chi connectivity index (χ0n) is 32.0. The van der Waals surface area contributed by atoms with Crippen LogP contribution in [0.15, 0.2) is 243 Å². The molecule has 0 saturated carbocycles. The molecule has 10 aromatic rings. The van der Waals surface area contributed by atoms with Crippen LogP contribution in [0.4, 0.5) is 34.1 Å². The summed E-state index contributed by atoms with van der Waals surface area (Å²) in [5.41, 5.74) is 13.9. The van der Waals surface area contributed by atoms with Crippen molar-refractivity contribution in [3.63, 3.8) is 0 Å². The molecular weight excluding hydrogens is 701 g/mol. The molecule has 0 N–H and O–H groups in total. The summed E-state index contributed by atoms with van der Waals surface area (Å²) in [6, 6.07) is 87.1. The van der Waals surface area contributed by atoms with Crippen LogP contribution in [0, 0.1) is 0 Å². The molecule has 58 heavy (non-hydrogen) atoms. The quantitative estimate of drug-likeness (QED) is 0.136. The molecule has 274 valence electrons. The van der Waals surface area contributed by atoms with Crippen molar-refractivity contribution in [3.8, 4) is 33.4 Å². The van der Waals surface area contributed by atoms with Crippen LogP contribution in [0.3, 0.4) is 0 Å². The van der Waals surface area contributed by atoms with Crippen molar-refractivity contribution in [3.05, 3.63) is 243 Å². The van der Waals surface area contributed by atoms with Crippen molar-refractivity contribution in [1.29, 1.82) is 0 Å². The minimum atomic E-state index is 1.10. The zero-order chi connectivity index (χ0) is 38.7. The summed E-state index contributed by atoms with van der Waals surface area (Å²) in [7, 11) is 0. The molecular formula is C56H40N2. The van der Waals surface area contributed by atoms with Gasteiger partial charge in [0.15, 0.2) is 0 Å². The summed E-state index contributed by atoms with van der Waals surface area (Å²) in [6.45, 7) is 0. The lowest BCUT2D eigenvalue weighted by Crippen LogP contribution is -2.10. The topological polar surface area (TPSA) is 6.48 Å². The van der Waals surface area contributed by atoms with Gasteiger partial charge in [-0.15, -0.1) is 0 Å². The van der Waals surface area contributed by atoms with Crippen molar-refractivity contribution in [2.45, 2.75) is 0 Å². The summed E-state index contributed by atoms with van der Waals surface area (Å²) in [5.74, 6) is 0. The van der Waals surface area contributed by atoms with Crippen LogP contribution < -0.4 is 9.80 Å². The number of anilines is 6. The SMILES string of the molecule is c1ccc(-c2ccc(N(c3ccccc3)c3ccc(-c4ccc(N(c5ccccc5)c5ccc6c(-c7ccccc7)cc7ccccc7c6c5)cc4)cc3)cc2)cc1. The van der Waals surface area contributed by atoms with Crippen LogP contribution in [-0.2, 0) is 0 Å². The van der Waals surface area contributed by atoms with Crippen LogP contribution in [0.5, 0.6) is 0 Å². The van der Waals surface area contributed by atoms with E-state index in [1.807, 2.05) is 0 Å². The van der Waals surface area contributed by atoms with Crippen LogP contribution in [0.1, 0.15) is 0 Å². The highest BCUT2D eigenvalue weighted by Gasteiger charge is 2.17. The Bertz CT molecular complexity index is 2940. The molecule has 0 spiro atoms. The number of benzene rings is 10. The average molecular weight is 741 g/mol. The summed E-state index contributed by atoms with van der Waals surface area (Å²) in [4.78, 5) is 4.67. The molecule has 0 saturated heterocycles. The summed E-state index contributed by atoms with van der Waals surface area (Å²) in [6.07, 6.45) is 0. The first kappa shape index (κ1) is 34.8. The lowest BCUT2D eigenvalue weighted by Gasteiger charge is -2.27. The smallest absolute Gasteiger partial charge is 0.0468 e. The van der Waals surface area contributed by atoms with Crippen molar-refractivity contribution < 1.29 is 0 Å². The van der Waals surface area contributed by atoms with E-state index < -0.39 is 0 Å². The van der Waals surface area contributed by atoms with E-state index >= 15 is 0 Å². The van der Waals surface area contributed by atoms with E-state index in [4.69, 9.17) is 0 Å². The molecule has 0 amide bonds. The molecule has 0 heterocycles. The van der Waals surface area contributed by atoms with Gasteiger partial charge in [0.2, 0.25) is 0 Å². The Morgan fingerprint density at radius 3 is 1.07 bits per heavy atom. The molecule has 0 aliphatic heterocycles. The molecule has 0 atom stereocenters. The Balaban J connectivity index is 0.993. The minimum Gasteiger partial charge on any atom is -0.311 e. The van der Waals surface area contributed by atoms with E-state index in [1.54, 1.807) is 0 Å². The van der Waals surface area contributed by atoms with Crippen molar-refractivity contribution in [2.24, 2.45) is 0 Å². The largest absolute Gasteiger partial charge is 0.311 e. The Kier molecular flexibility index (Phi) is 9.27. The predicted octanol–water partition coefficient (Wildman–Crippen LogP) is 15.9. The summed E-state index contributed by atoms with van der Waals surface area (Å²) < 4.78 is 0. The third-order valence-corrected chi connectivity index (χ3v) is 11.0. The van der Waals surface area contributed by atoms with Gasteiger partial charge in [-0.3, -0.25) is 0 Å². The first-order valence-corrected chi connectivity index (χ1v) is 19.8. The molecule has 0 aliphatic rings. The van der Waals surface area contributed by atoms with Gasteiger partial charge in [-0.2, -0.15) is 0 Å². The second-order valence-electron chi connectivity index (χ2n) is 14.6. The molecule has 0 aliphatic carbocycles. The number of hydrogen-bond acceptors (Lipinski definition) is 2. The van der Waals surface area contributed by atoms with Gasteiger partial charge in [-0.05, 0) is 134 Å². The van der Waals surface area contributed by atoms with Gasteiger partial charge >= 0.3 is 0 Å². The molecule has 0 fully saturated rings. The van der Waals surface area contributed by atoms with Gasteiger partial charge in [0, 0.05) is 34.1 Å². The van der Waals surface area contributed by atoms with Crippen molar-refractivity contribution in [1.82, 2.24) is 0 Å². The molecule has 0 bridgehead atoms. The standard InChI is InChI=1S/C56H40N2/c1-5-15-41(16-6-1)42-25-31-49(32-26-42)57(47-20-9-3-10-21-47)50-33-27-43(28-34-50)44-29-35-51(36-30-44)58(48-22-11-4-12-23-48)52-37-38-54-55(45-17-7-2-8-18-45)39-46-19-13-14-24-53(46)56(54)40-52/h1-40H. The zero-order valence-corrected chi connectivity index (χ0v) is 32.0. The van der Waals surface area contributed by atoms with Crippen LogP contribution in [0.25, 0.3) is 54.9 Å². The number of rotatable bonds is 9. The maximum Gasteiger partial charge on any atom is 0.0468 e. The Hall–Kier alpha value is -7.68. The van der Waals surface area contributed by atoms with E-state index in [2.05, 4.69) is 252 Å². The number of para-hydroxylation sites is 2. The van der Waals surface area contributed by atoms with Gasteiger partial charge < -0.3 is 9.80 Å². The average Bonchev–Trinajstić information content (AvgIpc) is 3.31. The van der Waals surface area contributed by atoms with Crippen LogP contribution >= 0.6 is 0 Å². The highest BCUT2D eigenvalue weighted by Crippen LogP contribution is 2.42. The van der Waals surface area contributed by atoms with Crippen LogP contribution in [-0.4, -0.2) is 0 Å². The van der Waals surface area contributed by atoms with Gasteiger partial charge in [0.1, 0.15) is 0 Å². The molecule has 0 unspecified atom stereocenters. The Morgan fingerprint density at radius 2 is 0.569 bits per heavy atom. The second kappa shape index (κ2) is 15.5. The van der Waals surface area contributed by atoms with E-state index in [1.165, 1.54) is 54.9 Å². The number of fused-ring (bicyclic) bond motifs is 3. The molecule has 2 nitrogen and oxygen atoms in total. The Morgan fingerprint density at radius 1 is 0.207 bits per heavy atom. The molecule has 10 aromatic carbocycles. The minimum absolute atomic E-state index is 1.10. The third-order valence-electron chi connectivity index (χ3n) is 11.0. The van der Waals surface area contributed by atoms with Gasteiger partial charge in [0.05, 0.1) is 0 Å². The lowest BCUT2D eigenvalue weighted by atomic mass is 9.93. The third kappa shape index (κ3) is 6.78. The van der Waals surface area contributed by atoms with Gasteiger partial charge in [-0.25, -0.2) is 0 Å². The number of nitrogens with zero attached hydrogens (tertiary/aromatic N) is 2. The van der Waals surface area contributed by atoms with Crippen molar-refractivity contribution >= 4 is 55.7 Å². The second-order valence-corrected chi connectivity index (χ2v) is 14.6. The molecule has 2 heteroatoms.